The first-order valence-electron chi connectivity index (χ1n) is 9.64. The van der Waals surface area contributed by atoms with Gasteiger partial charge >= 0.3 is 15.2 Å². The highest BCUT2D eigenvalue weighted by atomic mass is 32.2. The Balaban J connectivity index is 2.84. The van der Waals surface area contributed by atoms with Crippen LogP contribution in [0.25, 0.3) is 0 Å². The van der Waals surface area contributed by atoms with Crippen LogP contribution in [0.2, 0.25) is 0 Å². The minimum atomic E-state index is -3.75. The highest BCUT2D eigenvalue weighted by molar-refractivity contribution is 7.99. The van der Waals surface area contributed by atoms with E-state index in [1.807, 2.05) is 18.2 Å². The molecule has 0 aliphatic heterocycles. The van der Waals surface area contributed by atoms with E-state index in [2.05, 4.69) is 17.4 Å². The fraction of sp³-hybridized carbons (Fsp3) is 0.667. The molecule has 0 saturated heterocycles. The van der Waals surface area contributed by atoms with Gasteiger partial charge in [0.2, 0.25) is 5.52 Å². The van der Waals surface area contributed by atoms with Gasteiger partial charge in [-0.1, -0.05) is 18.2 Å². The topological polar surface area (TPSA) is 83.1 Å². The molecule has 10 heteroatoms. The Morgan fingerprint density at radius 2 is 1.32 bits per heavy atom. The number of hydrogen-bond acceptors (Lipinski definition) is 8. The molecule has 1 aromatic carbocycles. The molecule has 7 nitrogen and oxygen atoms in total. The Morgan fingerprint density at radius 1 is 0.857 bits per heavy atom. The summed E-state index contributed by atoms with van der Waals surface area (Å²) < 4.78 is 48.4. The predicted octanol–water partition coefficient (Wildman–Crippen LogP) is 5.57. The molecule has 0 radical (unpaired) electrons. The van der Waals surface area contributed by atoms with Gasteiger partial charge in [0.1, 0.15) is 0 Å². The first kappa shape index (κ1) is 25.9. The molecule has 0 atom stereocenters. The van der Waals surface area contributed by atoms with Gasteiger partial charge in [-0.25, -0.2) is 0 Å². The molecule has 0 saturated carbocycles. The van der Waals surface area contributed by atoms with E-state index >= 15 is 0 Å². The summed E-state index contributed by atoms with van der Waals surface area (Å²) in [4.78, 5) is 1.18. The fourth-order valence-corrected chi connectivity index (χ4v) is 8.40. The van der Waals surface area contributed by atoms with Crippen molar-refractivity contribution in [2.45, 2.75) is 44.5 Å². The largest absolute Gasteiger partial charge is 0.359 e. The van der Waals surface area contributed by atoms with Gasteiger partial charge in [0.05, 0.1) is 26.4 Å². The highest BCUT2D eigenvalue weighted by Crippen LogP contribution is 2.69. The van der Waals surface area contributed by atoms with Crippen molar-refractivity contribution in [2.75, 3.05) is 38.7 Å². The molecule has 1 aromatic rings. The summed E-state index contributed by atoms with van der Waals surface area (Å²) in [6, 6.07) is 10.1. The SMILES string of the molecule is CCOP(=O)(OCC)C(NCCCSc1ccccc1)P(=O)(OCC)OCC. The summed E-state index contributed by atoms with van der Waals surface area (Å²) in [6.45, 7) is 7.98. The highest BCUT2D eigenvalue weighted by Gasteiger charge is 2.50. The lowest BCUT2D eigenvalue weighted by Gasteiger charge is -2.31. The van der Waals surface area contributed by atoms with Crippen molar-refractivity contribution in [3.05, 3.63) is 30.3 Å². The average molecular weight is 453 g/mol. The van der Waals surface area contributed by atoms with Gasteiger partial charge < -0.3 is 18.1 Å². The number of hydrogen-bond donors (Lipinski definition) is 1. The third-order valence-corrected chi connectivity index (χ3v) is 10.3. The maximum atomic E-state index is 13.4. The summed E-state index contributed by atoms with van der Waals surface area (Å²) in [5.41, 5.74) is -1.17. The Labute approximate surface area is 173 Å². The van der Waals surface area contributed by atoms with Gasteiger partial charge in [-0.3, -0.25) is 14.4 Å². The standard InChI is InChI=1S/C18H33NO6P2S/c1-5-22-26(20,23-6-2)18(27(21,24-7-3)25-8-4)19-15-12-16-28-17-13-10-9-11-14-17/h9-11,13-14,18-19H,5-8,12,15-16H2,1-4H3. The van der Waals surface area contributed by atoms with Crippen molar-refractivity contribution < 1.29 is 27.2 Å². The zero-order valence-corrected chi connectivity index (χ0v) is 19.8. The Kier molecular flexibility index (Phi) is 12.9. The average Bonchev–Trinajstić information content (AvgIpc) is 2.66. The molecule has 0 aromatic heterocycles. The summed E-state index contributed by atoms with van der Waals surface area (Å²) >= 11 is 1.73. The van der Waals surface area contributed by atoms with E-state index in [-0.39, 0.29) is 26.4 Å². The maximum absolute atomic E-state index is 13.4. The number of rotatable bonds is 16. The van der Waals surface area contributed by atoms with Crippen LogP contribution in [0.3, 0.4) is 0 Å². The molecular weight excluding hydrogens is 420 g/mol. The van der Waals surface area contributed by atoms with E-state index < -0.39 is 20.7 Å². The molecule has 0 spiro atoms. The molecular formula is C18H33NO6P2S. The second-order valence-electron chi connectivity index (χ2n) is 5.59. The van der Waals surface area contributed by atoms with Crippen molar-refractivity contribution in [1.29, 1.82) is 0 Å². The summed E-state index contributed by atoms with van der Waals surface area (Å²) in [5, 5.41) is 3.09. The van der Waals surface area contributed by atoms with Crippen molar-refractivity contribution in [1.82, 2.24) is 5.32 Å². The van der Waals surface area contributed by atoms with E-state index in [0.717, 1.165) is 12.2 Å². The van der Waals surface area contributed by atoms with Gasteiger partial charge in [0.15, 0.2) is 0 Å². The van der Waals surface area contributed by atoms with Crippen LogP contribution >= 0.6 is 27.0 Å². The monoisotopic (exact) mass is 453 g/mol. The smallest absolute Gasteiger partial charge is 0.307 e. The van der Waals surface area contributed by atoms with Gasteiger partial charge in [-0.05, 0) is 58.5 Å². The first-order valence-corrected chi connectivity index (χ1v) is 13.8. The van der Waals surface area contributed by atoms with Crippen LogP contribution < -0.4 is 5.32 Å². The lowest BCUT2D eigenvalue weighted by Crippen LogP contribution is -2.33. The Hall–Kier alpha value is -0.170. The lowest BCUT2D eigenvalue weighted by atomic mass is 10.4. The minimum Gasteiger partial charge on any atom is -0.307 e. The van der Waals surface area contributed by atoms with Crippen LogP contribution in [0, 0.1) is 0 Å². The third-order valence-electron chi connectivity index (χ3n) is 3.50. The van der Waals surface area contributed by atoms with Crippen LogP contribution in [-0.2, 0) is 27.2 Å². The first-order chi connectivity index (χ1) is 13.5. The number of nitrogens with one attached hydrogen (secondary N) is 1. The van der Waals surface area contributed by atoms with Crippen molar-refractivity contribution in [3.8, 4) is 0 Å². The van der Waals surface area contributed by atoms with Gasteiger partial charge in [-0.15, -0.1) is 11.8 Å². The van der Waals surface area contributed by atoms with E-state index in [9.17, 15) is 9.13 Å². The molecule has 28 heavy (non-hydrogen) atoms. The molecule has 162 valence electrons. The number of thioether (sulfide) groups is 1. The third kappa shape index (κ3) is 8.29. The molecule has 0 bridgehead atoms. The predicted molar refractivity (Wildman–Crippen MR) is 115 cm³/mol. The van der Waals surface area contributed by atoms with Crippen LogP contribution in [0.5, 0.6) is 0 Å². The van der Waals surface area contributed by atoms with Gasteiger partial charge in [0, 0.05) is 4.90 Å². The Bertz CT molecular complexity index is 584. The zero-order valence-electron chi connectivity index (χ0n) is 17.2. The fourth-order valence-electron chi connectivity index (χ4n) is 2.48. The number of benzene rings is 1. The van der Waals surface area contributed by atoms with Crippen LogP contribution in [0.1, 0.15) is 34.1 Å². The summed E-state index contributed by atoms with van der Waals surface area (Å²) in [7, 11) is -7.50. The second kappa shape index (κ2) is 13.9. The summed E-state index contributed by atoms with van der Waals surface area (Å²) in [6.07, 6.45) is 0.770. The Morgan fingerprint density at radius 3 is 1.75 bits per heavy atom. The normalized spacial score (nSPS) is 12.6. The lowest BCUT2D eigenvalue weighted by molar-refractivity contribution is 0.190. The van der Waals surface area contributed by atoms with Crippen LogP contribution in [-0.4, -0.2) is 44.2 Å². The zero-order chi connectivity index (χ0) is 20.9. The van der Waals surface area contributed by atoms with E-state index in [4.69, 9.17) is 18.1 Å². The minimum absolute atomic E-state index is 0.164. The molecule has 0 fully saturated rings. The van der Waals surface area contributed by atoms with Crippen LogP contribution in [0.4, 0.5) is 0 Å². The van der Waals surface area contributed by atoms with E-state index in [0.29, 0.717) is 6.54 Å². The molecule has 0 amide bonds. The van der Waals surface area contributed by atoms with Crippen LogP contribution in [0.15, 0.2) is 35.2 Å². The van der Waals surface area contributed by atoms with Gasteiger partial charge in [0.25, 0.3) is 0 Å². The quantitative estimate of drug-likeness (QED) is 0.197. The molecule has 0 heterocycles. The molecule has 0 aliphatic carbocycles. The molecule has 1 N–H and O–H groups in total. The molecule has 0 aliphatic rings. The second-order valence-corrected chi connectivity index (χ2v) is 11.4. The molecule has 0 unspecified atom stereocenters. The van der Waals surface area contributed by atoms with E-state index in [1.165, 1.54) is 4.90 Å². The van der Waals surface area contributed by atoms with Gasteiger partial charge in [-0.2, -0.15) is 0 Å². The van der Waals surface area contributed by atoms with Crippen molar-refractivity contribution >= 4 is 27.0 Å². The van der Waals surface area contributed by atoms with Crippen molar-refractivity contribution in [2.24, 2.45) is 0 Å². The van der Waals surface area contributed by atoms with Crippen molar-refractivity contribution in [3.63, 3.8) is 0 Å². The van der Waals surface area contributed by atoms with E-state index in [1.54, 1.807) is 39.5 Å². The molecule has 1 rings (SSSR count). The summed E-state index contributed by atoms with van der Waals surface area (Å²) in [5.74, 6) is 0.852. The maximum Gasteiger partial charge on any atom is 0.359 e.